The Morgan fingerprint density at radius 1 is 1.17 bits per heavy atom. The van der Waals surface area contributed by atoms with E-state index in [-0.39, 0.29) is 5.91 Å². The summed E-state index contributed by atoms with van der Waals surface area (Å²) in [6.07, 6.45) is 14.9. The molecule has 1 amide bonds. The lowest BCUT2D eigenvalue weighted by molar-refractivity contribution is -0.104. The molecule has 0 saturated heterocycles. The molecule has 0 bridgehead atoms. The van der Waals surface area contributed by atoms with E-state index in [4.69, 9.17) is 0 Å². The molecule has 3 heterocycles. The molecule has 220 valence electrons. The van der Waals surface area contributed by atoms with Crippen molar-refractivity contribution >= 4 is 29.5 Å². The maximum absolute atomic E-state index is 12.3. The van der Waals surface area contributed by atoms with Gasteiger partial charge in [-0.15, -0.1) is 0 Å². The van der Waals surface area contributed by atoms with Crippen molar-refractivity contribution in [3.8, 4) is 0 Å². The third-order valence-corrected chi connectivity index (χ3v) is 6.75. The van der Waals surface area contributed by atoms with Crippen molar-refractivity contribution in [1.82, 2.24) is 25.1 Å². The quantitative estimate of drug-likeness (QED) is 0.242. The molecule has 0 unspecified atom stereocenters. The lowest BCUT2D eigenvalue weighted by Gasteiger charge is -2.27. The van der Waals surface area contributed by atoms with Crippen molar-refractivity contribution in [2.24, 2.45) is 0 Å². The van der Waals surface area contributed by atoms with Gasteiger partial charge in [-0.1, -0.05) is 31.6 Å². The molecule has 8 nitrogen and oxygen atoms in total. The zero-order valence-electron chi connectivity index (χ0n) is 26.2. The van der Waals surface area contributed by atoms with E-state index in [1.54, 1.807) is 32.2 Å². The molecule has 0 radical (unpaired) electrons. The maximum atomic E-state index is 12.3. The third kappa shape index (κ3) is 9.25. The standard InChI is InChI=1S/C31H40N6O2.C2H6/c1-22(18-28-24(3)33-13-8-29(28)36(7)14-11-27(32-4)12-17-38)21-37-15-9-25(10-16-37)30-23(2)19-26(20-34-30)31(39)35(5)6;1-2/h8-9,11-14,17-20,32H,10,15-16,21H2,1-7H3;1-2H3/b14-11-,22-18+,27-12+;. The van der Waals surface area contributed by atoms with Crippen molar-refractivity contribution < 1.29 is 9.59 Å². The molecule has 2 aromatic rings. The van der Waals surface area contributed by atoms with Gasteiger partial charge in [-0.25, -0.2) is 0 Å². The van der Waals surface area contributed by atoms with Crippen molar-refractivity contribution in [2.45, 2.75) is 41.0 Å². The minimum absolute atomic E-state index is 0.0325. The average Bonchev–Trinajstić information content (AvgIpc) is 2.97. The summed E-state index contributed by atoms with van der Waals surface area (Å²) in [5.74, 6) is -0.0325. The lowest BCUT2D eigenvalue weighted by atomic mass is 9.99. The Balaban J connectivity index is 0.00000287. The van der Waals surface area contributed by atoms with Crippen LogP contribution in [0.1, 0.15) is 60.1 Å². The highest BCUT2D eigenvalue weighted by Crippen LogP contribution is 2.27. The molecular formula is C33H46N6O2. The van der Waals surface area contributed by atoms with Crippen LogP contribution in [0.4, 0.5) is 5.69 Å². The first kappa shape index (κ1) is 33.2. The van der Waals surface area contributed by atoms with Crippen LogP contribution < -0.4 is 10.2 Å². The molecule has 0 spiro atoms. The Hall–Kier alpha value is -4.04. The first-order valence-corrected chi connectivity index (χ1v) is 14.1. The van der Waals surface area contributed by atoms with Gasteiger partial charge in [0.2, 0.25) is 0 Å². The number of amides is 1. The normalized spacial score (nSPS) is 14.2. The summed E-state index contributed by atoms with van der Waals surface area (Å²) >= 11 is 0. The number of likely N-dealkylation sites (N-methyl/N-ethyl adjacent to an activating group) is 1. The number of rotatable bonds is 10. The molecule has 41 heavy (non-hydrogen) atoms. The van der Waals surface area contributed by atoms with Gasteiger partial charge in [0.1, 0.15) is 6.29 Å². The fourth-order valence-electron chi connectivity index (χ4n) is 4.62. The monoisotopic (exact) mass is 558 g/mol. The summed E-state index contributed by atoms with van der Waals surface area (Å²) in [6, 6.07) is 3.94. The number of aldehydes is 1. The van der Waals surface area contributed by atoms with E-state index >= 15 is 0 Å². The number of nitrogens with zero attached hydrogens (tertiary/aromatic N) is 5. The minimum Gasteiger partial charge on any atom is -0.388 e. The van der Waals surface area contributed by atoms with Crippen LogP contribution in [0.2, 0.25) is 0 Å². The highest BCUT2D eigenvalue weighted by atomic mass is 16.2. The molecule has 0 atom stereocenters. The van der Waals surface area contributed by atoms with Gasteiger partial charge in [-0.2, -0.15) is 0 Å². The Bertz CT molecular complexity index is 1320. The Morgan fingerprint density at radius 2 is 1.90 bits per heavy atom. The number of anilines is 1. The molecule has 1 aliphatic rings. The van der Waals surface area contributed by atoms with E-state index in [9.17, 15) is 9.59 Å². The highest BCUT2D eigenvalue weighted by molar-refractivity contribution is 5.94. The van der Waals surface area contributed by atoms with E-state index in [2.05, 4.69) is 39.3 Å². The van der Waals surface area contributed by atoms with Gasteiger partial charge >= 0.3 is 0 Å². The summed E-state index contributed by atoms with van der Waals surface area (Å²) in [6.45, 7) is 12.8. The van der Waals surface area contributed by atoms with Crippen LogP contribution in [0.25, 0.3) is 11.6 Å². The van der Waals surface area contributed by atoms with E-state index < -0.39 is 0 Å². The second kappa shape index (κ2) is 16.3. The van der Waals surface area contributed by atoms with Crippen molar-refractivity contribution in [3.05, 3.63) is 88.3 Å². The number of allylic oxidation sites excluding steroid dienone is 2. The number of carbonyl (C=O) groups excluding carboxylic acids is 2. The molecule has 0 aliphatic carbocycles. The van der Waals surface area contributed by atoms with E-state index in [0.29, 0.717) is 5.56 Å². The summed E-state index contributed by atoms with van der Waals surface area (Å²) in [7, 11) is 7.28. The molecule has 2 aromatic heterocycles. The zero-order valence-corrected chi connectivity index (χ0v) is 26.2. The summed E-state index contributed by atoms with van der Waals surface area (Å²) < 4.78 is 0. The van der Waals surface area contributed by atoms with Crippen molar-refractivity contribution in [3.63, 3.8) is 0 Å². The molecule has 0 fully saturated rings. The number of carbonyl (C=O) groups is 2. The van der Waals surface area contributed by atoms with Gasteiger partial charge in [0.05, 0.1) is 16.9 Å². The lowest BCUT2D eigenvalue weighted by Crippen LogP contribution is -2.30. The number of hydrogen-bond donors (Lipinski definition) is 1. The molecular weight excluding hydrogens is 512 g/mol. The second-order valence-corrected chi connectivity index (χ2v) is 10.1. The van der Waals surface area contributed by atoms with Crippen LogP contribution in [0.3, 0.4) is 0 Å². The van der Waals surface area contributed by atoms with Gasteiger partial charge in [-0.3, -0.25) is 24.5 Å². The van der Waals surface area contributed by atoms with Gasteiger partial charge < -0.3 is 15.1 Å². The Morgan fingerprint density at radius 3 is 2.49 bits per heavy atom. The van der Waals surface area contributed by atoms with Crippen LogP contribution in [-0.4, -0.2) is 79.8 Å². The van der Waals surface area contributed by atoms with Crippen LogP contribution in [0.15, 0.2) is 60.2 Å². The molecule has 1 aliphatic heterocycles. The number of pyridine rings is 2. The largest absolute Gasteiger partial charge is 0.388 e. The van der Waals surface area contributed by atoms with E-state index in [1.165, 1.54) is 17.2 Å². The Labute approximate surface area is 246 Å². The minimum atomic E-state index is -0.0325. The van der Waals surface area contributed by atoms with Crippen molar-refractivity contribution in [2.75, 3.05) is 52.7 Å². The number of aromatic nitrogens is 2. The summed E-state index contributed by atoms with van der Waals surface area (Å²) in [4.78, 5) is 38.3. The van der Waals surface area contributed by atoms with Crippen LogP contribution in [-0.2, 0) is 4.79 Å². The predicted molar refractivity (Wildman–Crippen MR) is 171 cm³/mol. The second-order valence-electron chi connectivity index (χ2n) is 10.1. The average molecular weight is 559 g/mol. The summed E-state index contributed by atoms with van der Waals surface area (Å²) in [5, 5.41) is 3.00. The van der Waals surface area contributed by atoms with Gasteiger partial charge in [0, 0.05) is 89.4 Å². The number of aryl methyl sites for hydroxylation is 2. The highest BCUT2D eigenvalue weighted by Gasteiger charge is 2.18. The van der Waals surface area contributed by atoms with Gasteiger partial charge in [-0.05, 0) is 56.5 Å². The Kier molecular flexibility index (Phi) is 13.2. The molecule has 3 rings (SSSR count). The first-order chi connectivity index (χ1) is 19.6. The smallest absolute Gasteiger partial charge is 0.254 e. The van der Waals surface area contributed by atoms with Crippen LogP contribution >= 0.6 is 0 Å². The summed E-state index contributed by atoms with van der Waals surface area (Å²) in [5.41, 5.74) is 8.92. The molecule has 8 heteroatoms. The topological polar surface area (TPSA) is 81.7 Å². The van der Waals surface area contributed by atoms with Crippen LogP contribution in [0.5, 0.6) is 0 Å². The van der Waals surface area contributed by atoms with Crippen LogP contribution in [0, 0.1) is 13.8 Å². The third-order valence-electron chi connectivity index (χ3n) is 6.75. The SMILES string of the molecule is CC.CNC(/C=C\N(C)c1ccnc(C)c1/C=C(\C)CN1CC=C(c2ncc(C(=O)N(C)C)cc2C)CC1)=C/C=O. The fourth-order valence-corrected chi connectivity index (χ4v) is 4.62. The molecule has 0 aromatic carbocycles. The zero-order chi connectivity index (χ0) is 30.5. The van der Waals surface area contributed by atoms with E-state index in [1.807, 2.05) is 70.2 Å². The number of hydrogen-bond acceptors (Lipinski definition) is 7. The van der Waals surface area contributed by atoms with Crippen molar-refractivity contribution in [1.29, 1.82) is 0 Å². The molecule has 1 N–H and O–H groups in total. The molecule has 0 saturated carbocycles. The maximum Gasteiger partial charge on any atom is 0.254 e. The number of nitrogens with one attached hydrogen (secondary N) is 1. The van der Waals surface area contributed by atoms with Gasteiger partial charge in [0.15, 0.2) is 0 Å². The fraction of sp³-hybridized carbons (Fsp3) is 0.394. The predicted octanol–water partition coefficient (Wildman–Crippen LogP) is 5.27. The first-order valence-electron chi connectivity index (χ1n) is 14.1. The van der Waals surface area contributed by atoms with E-state index in [0.717, 1.165) is 66.2 Å². The van der Waals surface area contributed by atoms with Gasteiger partial charge in [0.25, 0.3) is 5.91 Å².